The molecule has 0 unspecified atom stereocenters. The lowest BCUT2D eigenvalue weighted by Gasteiger charge is -2.12. The summed E-state index contributed by atoms with van der Waals surface area (Å²) in [5.41, 5.74) is 2.27. The maximum atomic E-state index is 11.6. The average molecular weight is 411 g/mol. The Balaban J connectivity index is 1.94. The van der Waals surface area contributed by atoms with Crippen LogP contribution in [0.15, 0.2) is 28.5 Å². The van der Waals surface area contributed by atoms with E-state index in [9.17, 15) is 8.42 Å². The minimum atomic E-state index is -3.81. The van der Waals surface area contributed by atoms with Crippen LogP contribution in [0.5, 0.6) is 5.75 Å². The van der Waals surface area contributed by atoms with Crippen molar-refractivity contribution < 1.29 is 13.2 Å². The predicted octanol–water partition coefficient (Wildman–Crippen LogP) is 3.67. The number of sulfonamides is 1. The lowest BCUT2D eigenvalue weighted by molar-refractivity contribution is 0.342. The van der Waals surface area contributed by atoms with Crippen LogP contribution in [-0.4, -0.2) is 25.0 Å². The first-order valence-electron chi connectivity index (χ1n) is 7.74. The van der Waals surface area contributed by atoms with E-state index >= 15 is 0 Å². The molecule has 0 saturated carbocycles. The first-order valence-corrected chi connectivity index (χ1v) is 11.0. The molecule has 2 heterocycles. The second-order valence-corrected chi connectivity index (χ2v) is 9.07. The van der Waals surface area contributed by atoms with Gasteiger partial charge >= 0.3 is 0 Å². The minimum absolute atomic E-state index is 0.00848. The van der Waals surface area contributed by atoms with Crippen LogP contribution in [0.1, 0.15) is 17.6 Å². The normalized spacial score (nSPS) is 11.5. The van der Waals surface area contributed by atoms with Crippen LogP contribution < -0.4 is 15.2 Å². The molecule has 3 rings (SSSR count). The molecule has 0 aliphatic rings. The number of hydrogen-bond donors (Lipinski definition) is 2. The summed E-state index contributed by atoms with van der Waals surface area (Å²) in [6.07, 6.45) is 0. The Labute approximate surface area is 159 Å². The molecule has 0 aliphatic heterocycles. The molecule has 0 fully saturated rings. The van der Waals surface area contributed by atoms with E-state index in [4.69, 9.17) is 9.88 Å². The molecule has 0 amide bonds. The van der Waals surface area contributed by atoms with E-state index < -0.39 is 10.0 Å². The van der Waals surface area contributed by atoms with Gasteiger partial charge in [0.25, 0.3) is 0 Å². The molecule has 138 valence electrons. The third-order valence-corrected chi connectivity index (χ3v) is 6.23. The summed E-state index contributed by atoms with van der Waals surface area (Å²) in [5, 5.41) is 11.9. The van der Waals surface area contributed by atoms with Crippen molar-refractivity contribution in [3.8, 4) is 16.3 Å². The molecule has 0 aliphatic carbocycles. The summed E-state index contributed by atoms with van der Waals surface area (Å²) in [6.45, 7) is 6.22. The van der Waals surface area contributed by atoms with Gasteiger partial charge in [-0.2, -0.15) is 0 Å². The molecule has 10 heteroatoms. The fraction of sp³-hybridized carbons (Fsp3) is 0.250. The van der Waals surface area contributed by atoms with Crippen molar-refractivity contribution in [1.29, 1.82) is 0 Å². The van der Waals surface area contributed by atoms with Crippen molar-refractivity contribution in [1.82, 2.24) is 9.97 Å². The Hall–Kier alpha value is -2.01. The number of nitrogens with zero attached hydrogens (tertiary/aromatic N) is 2. The second kappa shape index (κ2) is 7.31. The molecule has 2 aromatic heterocycles. The van der Waals surface area contributed by atoms with Crippen molar-refractivity contribution in [2.24, 2.45) is 5.14 Å². The highest BCUT2D eigenvalue weighted by atomic mass is 32.2. The van der Waals surface area contributed by atoms with E-state index in [0.717, 1.165) is 21.3 Å². The van der Waals surface area contributed by atoms with Crippen LogP contribution in [0.25, 0.3) is 10.6 Å². The van der Waals surface area contributed by atoms with Gasteiger partial charge in [0, 0.05) is 5.38 Å². The van der Waals surface area contributed by atoms with E-state index in [0.29, 0.717) is 23.2 Å². The maximum Gasteiger partial charge on any atom is 0.238 e. The monoisotopic (exact) mass is 410 g/mol. The number of benzene rings is 1. The molecule has 0 saturated heterocycles. The number of aromatic nitrogens is 2. The van der Waals surface area contributed by atoms with E-state index in [1.54, 1.807) is 17.4 Å². The number of aryl methyl sites for hydroxylation is 2. The minimum Gasteiger partial charge on any atom is -0.492 e. The first-order chi connectivity index (χ1) is 12.3. The van der Waals surface area contributed by atoms with Gasteiger partial charge in [-0.05, 0) is 39.0 Å². The highest BCUT2D eigenvalue weighted by Gasteiger charge is 2.15. The summed E-state index contributed by atoms with van der Waals surface area (Å²) in [6, 6.07) is 4.45. The van der Waals surface area contributed by atoms with E-state index in [-0.39, 0.29) is 4.90 Å². The number of nitrogens with two attached hydrogens (primary N) is 1. The Kier molecular flexibility index (Phi) is 5.28. The van der Waals surface area contributed by atoms with Crippen molar-refractivity contribution in [3.63, 3.8) is 0 Å². The van der Waals surface area contributed by atoms with Crippen LogP contribution in [0, 0.1) is 13.8 Å². The number of hydrogen-bond acceptors (Lipinski definition) is 8. The Morgan fingerprint density at radius 1 is 1.27 bits per heavy atom. The number of primary sulfonamides is 1. The standard InChI is InChI=1S/C16H18N4O3S3/c1-4-23-14-6-5-11(26(17,21)22)7-12(14)19-16-20-13(8-24-16)15-9(2)18-10(3)25-15/h5-8H,4H2,1-3H3,(H,19,20)(H2,17,21,22). The van der Waals surface area contributed by atoms with Gasteiger partial charge in [0.2, 0.25) is 10.0 Å². The molecule has 0 bridgehead atoms. The zero-order valence-electron chi connectivity index (χ0n) is 14.4. The predicted molar refractivity (Wildman–Crippen MR) is 105 cm³/mol. The molecule has 0 radical (unpaired) electrons. The smallest absolute Gasteiger partial charge is 0.238 e. The largest absolute Gasteiger partial charge is 0.492 e. The molecule has 7 nitrogen and oxygen atoms in total. The van der Waals surface area contributed by atoms with Gasteiger partial charge in [0.1, 0.15) is 5.75 Å². The van der Waals surface area contributed by atoms with Gasteiger partial charge in [0.15, 0.2) is 5.13 Å². The quantitative estimate of drug-likeness (QED) is 0.642. The Bertz CT molecular complexity index is 1040. The highest BCUT2D eigenvalue weighted by molar-refractivity contribution is 7.89. The van der Waals surface area contributed by atoms with Crippen molar-refractivity contribution in [2.45, 2.75) is 25.7 Å². The van der Waals surface area contributed by atoms with Crippen LogP contribution in [0.4, 0.5) is 10.8 Å². The fourth-order valence-corrected chi connectivity index (χ4v) is 4.59. The summed E-state index contributed by atoms with van der Waals surface area (Å²) >= 11 is 3.01. The van der Waals surface area contributed by atoms with Gasteiger partial charge in [-0.1, -0.05) is 0 Å². The molecular formula is C16H18N4O3S3. The lowest BCUT2D eigenvalue weighted by Crippen LogP contribution is -2.12. The molecule has 0 atom stereocenters. The van der Waals surface area contributed by atoms with Crippen LogP contribution in [0.3, 0.4) is 0 Å². The zero-order valence-corrected chi connectivity index (χ0v) is 16.9. The third-order valence-electron chi connectivity index (χ3n) is 3.46. The second-order valence-electron chi connectivity index (χ2n) is 5.45. The van der Waals surface area contributed by atoms with Gasteiger partial charge in [0.05, 0.1) is 38.5 Å². The number of rotatable bonds is 6. The molecular weight excluding hydrogens is 392 g/mol. The highest BCUT2D eigenvalue weighted by Crippen LogP contribution is 2.35. The van der Waals surface area contributed by atoms with Crippen LogP contribution >= 0.6 is 22.7 Å². The SMILES string of the molecule is CCOc1ccc(S(N)(=O)=O)cc1Nc1nc(-c2sc(C)nc2C)cs1. The number of nitrogens with one attached hydrogen (secondary N) is 1. The topological polar surface area (TPSA) is 107 Å². The molecule has 26 heavy (non-hydrogen) atoms. The van der Waals surface area contributed by atoms with E-state index in [1.165, 1.54) is 23.5 Å². The first kappa shape index (κ1) is 18.8. The average Bonchev–Trinajstić information content (AvgIpc) is 3.14. The molecule has 1 aromatic carbocycles. The zero-order chi connectivity index (χ0) is 18.9. The van der Waals surface area contributed by atoms with Gasteiger partial charge in [-0.25, -0.2) is 23.5 Å². The van der Waals surface area contributed by atoms with Crippen molar-refractivity contribution in [3.05, 3.63) is 34.3 Å². The molecule has 0 spiro atoms. The summed E-state index contributed by atoms with van der Waals surface area (Å²) in [5.74, 6) is 0.529. The van der Waals surface area contributed by atoms with Crippen LogP contribution in [0.2, 0.25) is 0 Å². The van der Waals surface area contributed by atoms with Gasteiger partial charge in [-0.15, -0.1) is 22.7 Å². The number of thiazole rings is 2. The fourth-order valence-electron chi connectivity index (χ4n) is 2.38. The van der Waals surface area contributed by atoms with Crippen molar-refractivity contribution in [2.75, 3.05) is 11.9 Å². The van der Waals surface area contributed by atoms with Crippen LogP contribution in [-0.2, 0) is 10.0 Å². The van der Waals surface area contributed by atoms with Gasteiger partial charge in [-0.3, -0.25) is 0 Å². The third kappa shape index (κ3) is 4.04. The Morgan fingerprint density at radius 3 is 2.65 bits per heavy atom. The summed E-state index contributed by atoms with van der Waals surface area (Å²) in [4.78, 5) is 10.0. The van der Waals surface area contributed by atoms with Gasteiger partial charge < -0.3 is 10.1 Å². The summed E-state index contributed by atoms with van der Waals surface area (Å²) in [7, 11) is -3.81. The lowest BCUT2D eigenvalue weighted by atomic mass is 10.3. The van der Waals surface area contributed by atoms with E-state index in [1.807, 2.05) is 26.2 Å². The van der Waals surface area contributed by atoms with E-state index in [2.05, 4.69) is 15.3 Å². The van der Waals surface area contributed by atoms with Crippen molar-refractivity contribution >= 4 is 43.5 Å². The summed E-state index contributed by atoms with van der Waals surface area (Å²) < 4.78 is 28.8. The number of ether oxygens (including phenoxy) is 1. The molecule has 3 aromatic rings. The Morgan fingerprint density at radius 2 is 2.04 bits per heavy atom. The number of anilines is 2. The maximum absolute atomic E-state index is 11.6. The molecule has 3 N–H and O–H groups in total.